The molecule has 0 radical (unpaired) electrons. The summed E-state index contributed by atoms with van der Waals surface area (Å²) < 4.78 is 22.5. The van der Waals surface area contributed by atoms with E-state index in [2.05, 4.69) is 0 Å². The Morgan fingerprint density at radius 1 is 1.15 bits per heavy atom. The van der Waals surface area contributed by atoms with E-state index in [-0.39, 0.29) is 18.1 Å². The van der Waals surface area contributed by atoms with E-state index < -0.39 is 9.84 Å². The van der Waals surface area contributed by atoms with Crippen LogP contribution >= 0.6 is 0 Å². The van der Waals surface area contributed by atoms with Crippen molar-refractivity contribution >= 4 is 9.84 Å². The predicted molar refractivity (Wildman–Crippen MR) is 51.0 cm³/mol. The molecule has 0 amide bonds. The lowest BCUT2D eigenvalue weighted by molar-refractivity contribution is 0.319. The van der Waals surface area contributed by atoms with Gasteiger partial charge >= 0.3 is 0 Å². The fourth-order valence-electron chi connectivity index (χ4n) is 1.04. The number of hydrogen-bond acceptors (Lipinski definition) is 3. The average molecular weight is 200 g/mol. The van der Waals surface area contributed by atoms with Crippen LogP contribution in [-0.4, -0.2) is 25.9 Å². The van der Waals surface area contributed by atoms with Crippen LogP contribution in [0.5, 0.6) is 0 Å². The Bertz CT molecular complexity index is 342. The van der Waals surface area contributed by atoms with Crippen molar-refractivity contribution in [2.24, 2.45) is 0 Å². The van der Waals surface area contributed by atoms with Gasteiger partial charge in [-0.2, -0.15) is 0 Å². The summed E-state index contributed by atoms with van der Waals surface area (Å²) in [5.41, 5.74) is 0.760. The highest BCUT2D eigenvalue weighted by Gasteiger charge is 2.09. The molecule has 13 heavy (non-hydrogen) atoms. The zero-order valence-electron chi connectivity index (χ0n) is 7.18. The van der Waals surface area contributed by atoms with Gasteiger partial charge in [0.05, 0.1) is 18.1 Å². The number of aliphatic hydroxyl groups excluding tert-OH is 1. The van der Waals surface area contributed by atoms with Gasteiger partial charge in [0, 0.05) is 0 Å². The highest BCUT2D eigenvalue weighted by atomic mass is 32.2. The topological polar surface area (TPSA) is 54.4 Å². The molecule has 0 aliphatic rings. The minimum atomic E-state index is -3.13. The fraction of sp³-hybridized carbons (Fsp3) is 0.333. The fourth-order valence-corrected chi connectivity index (χ4v) is 2.16. The molecule has 0 fully saturated rings. The Balaban J connectivity index is 2.70. The van der Waals surface area contributed by atoms with Crippen molar-refractivity contribution in [2.45, 2.75) is 5.75 Å². The first-order valence-electron chi connectivity index (χ1n) is 3.99. The summed E-state index contributed by atoms with van der Waals surface area (Å²) in [6.07, 6.45) is 0. The highest BCUT2D eigenvalue weighted by molar-refractivity contribution is 7.90. The molecular weight excluding hydrogens is 188 g/mol. The van der Waals surface area contributed by atoms with Crippen LogP contribution < -0.4 is 0 Å². The first-order chi connectivity index (χ1) is 6.14. The van der Waals surface area contributed by atoms with Crippen molar-refractivity contribution in [3.63, 3.8) is 0 Å². The second kappa shape index (κ2) is 4.39. The standard InChI is InChI=1S/C9H12O3S/c10-6-7-13(11,12)8-9-4-2-1-3-5-9/h1-5,10H,6-8H2. The molecule has 72 valence electrons. The lowest BCUT2D eigenvalue weighted by Gasteiger charge is -2.01. The molecule has 4 heteroatoms. The van der Waals surface area contributed by atoms with Crippen LogP contribution in [0.1, 0.15) is 5.56 Å². The van der Waals surface area contributed by atoms with Crippen LogP contribution in [0.25, 0.3) is 0 Å². The predicted octanol–water partition coefficient (Wildman–Crippen LogP) is 0.594. The van der Waals surface area contributed by atoms with Gasteiger partial charge in [-0.1, -0.05) is 30.3 Å². The van der Waals surface area contributed by atoms with Crippen molar-refractivity contribution in [1.82, 2.24) is 0 Å². The zero-order chi connectivity index (χ0) is 9.73. The van der Waals surface area contributed by atoms with E-state index in [1.165, 1.54) is 0 Å². The maximum absolute atomic E-state index is 11.2. The van der Waals surface area contributed by atoms with Gasteiger partial charge in [0.25, 0.3) is 0 Å². The molecule has 0 heterocycles. The molecule has 0 aliphatic heterocycles. The van der Waals surface area contributed by atoms with E-state index in [0.717, 1.165) is 5.56 Å². The Labute approximate surface area is 77.9 Å². The van der Waals surface area contributed by atoms with Crippen molar-refractivity contribution in [3.05, 3.63) is 35.9 Å². The van der Waals surface area contributed by atoms with Gasteiger partial charge in [0.15, 0.2) is 9.84 Å². The van der Waals surface area contributed by atoms with E-state index >= 15 is 0 Å². The number of benzene rings is 1. The summed E-state index contributed by atoms with van der Waals surface area (Å²) in [5.74, 6) is -0.156. The molecule has 0 spiro atoms. The Morgan fingerprint density at radius 3 is 2.31 bits per heavy atom. The van der Waals surface area contributed by atoms with Gasteiger partial charge in [0.1, 0.15) is 0 Å². The highest BCUT2D eigenvalue weighted by Crippen LogP contribution is 2.05. The number of sulfone groups is 1. The Hall–Kier alpha value is -0.870. The van der Waals surface area contributed by atoms with Crippen molar-refractivity contribution in [2.75, 3.05) is 12.4 Å². The molecule has 0 saturated carbocycles. The van der Waals surface area contributed by atoms with Crippen molar-refractivity contribution < 1.29 is 13.5 Å². The lowest BCUT2D eigenvalue weighted by atomic mass is 10.2. The van der Waals surface area contributed by atoms with Crippen molar-refractivity contribution in [3.8, 4) is 0 Å². The second-order valence-corrected chi connectivity index (χ2v) is 4.99. The summed E-state index contributed by atoms with van der Waals surface area (Å²) in [6, 6.07) is 8.94. The van der Waals surface area contributed by atoms with Crippen LogP contribution in [0, 0.1) is 0 Å². The van der Waals surface area contributed by atoms with Gasteiger partial charge in [-0.3, -0.25) is 0 Å². The maximum Gasteiger partial charge on any atom is 0.156 e. The third kappa shape index (κ3) is 3.57. The number of hydrogen-bond donors (Lipinski definition) is 1. The zero-order valence-corrected chi connectivity index (χ0v) is 8.00. The second-order valence-electron chi connectivity index (χ2n) is 2.80. The molecule has 0 aromatic heterocycles. The van der Waals surface area contributed by atoms with Crippen LogP contribution in [0.15, 0.2) is 30.3 Å². The molecule has 0 aliphatic carbocycles. The Kier molecular flexibility index (Phi) is 3.45. The van der Waals surface area contributed by atoms with Gasteiger partial charge in [-0.05, 0) is 5.56 Å². The van der Waals surface area contributed by atoms with Crippen LogP contribution in [0.3, 0.4) is 0 Å². The number of aliphatic hydroxyl groups is 1. The van der Waals surface area contributed by atoms with E-state index in [4.69, 9.17) is 5.11 Å². The monoisotopic (exact) mass is 200 g/mol. The van der Waals surface area contributed by atoms with E-state index in [1.54, 1.807) is 24.3 Å². The van der Waals surface area contributed by atoms with Crippen molar-refractivity contribution in [1.29, 1.82) is 0 Å². The Morgan fingerprint density at radius 2 is 1.77 bits per heavy atom. The smallest absolute Gasteiger partial charge is 0.156 e. The lowest BCUT2D eigenvalue weighted by Crippen LogP contribution is -2.11. The molecule has 0 atom stereocenters. The normalized spacial score (nSPS) is 11.5. The SMILES string of the molecule is O=S(=O)(CCO)Cc1ccccc1. The van der Waals surface area contributed by atoms with Gasteiger partial charge in [0.2, 0.25) is 0 Å². The summed E-state index contributed by atoms with van der Waals surface area (Å²) >= 11 is 0. The summed E-state index contributed by atoms with van der Waals surface area (Å²) in [4.78, 5) is 0. The maximum atomic E-state index is 11.2. The van der Waals surface area contributed by atoms with Crippen LogP contribution in [-0.2, 0) is 15.6 Å². The van der Waals surface area contributed by atoms with Gasteiger partial charge in [-0.15, -0.1) is 0 Å². The largest absolute Gasteiger partial charge is 0.395 e. The molecule has 1 N–H and O–H groups in total. The quantitative estimate of drug-likeness (QED) is 0.774. The van der Waals surface area contributed by atoms with Crippen LogP contribution in [0.4, 0.5) is 0 Å². The van der Waals surface area contributed by atoms with Gasteiger partial charge < -0.3 is 5.11 Å². The summed E-state index contributed by atoms with van der Waals surface area (Å²) in [7, 11) is -3.13. The van der Waals surface area contributed by atoms with Crippen LogP contribution in [0.2, 0.25) is 0 Å². The first-order valence-corrected chi connectivity index (χ1v) is 5.81. The molecule has 0 unspecified atom stereocenters. The molecule has 1 rings (SSSR count). The molecule has 0 saturated heterocycles. The molecular formula is C9H12O3S. The van der Waals surface area contributed by atoms with E-state index in [1.807, 2.05) is 6.07 Å². The summed E-state index contributed by atoms with van der Waals surface area (Å²) in [6.45, 7) is -0.310. The molecule has 1 aromatic rings. The number of rotatable bonds is 4. The molecule has 0 bridgehead atoms. The summed E-state index contributed by atoms with van der Waals surface area (Å²) in [5, 5.41) is 8.50. The average Bonchev–Trinajstić information content (AvgIpc) is 2.04. The van der Waals surface area contributed by atoms with E-state index in [9.17, 15) is 8.42 Å². The third-order valence-corrected chi connectivity index (χ3v) is 3.21. The van der Waals surface area contributed by atoms with E-state index in [0.29, 0.717) is 0 Å². The first kappa shape index (κ1) is 10.2. The minimum Gasteiger partial charge on any atom is -0.395 e. The molecule has 1 aromatic carbocycles. The third-order valence-electron chi connectivity index (χ3n) is 1.63. The minimum absolute atomic E-state index is 0.00833. The van der Waals surface area contributed by atoms with Gasteiger partial charge in [-0.25, -0.2) is 8.42 Å². The molecule has 3 nitrogen and oxygen atoms in total.